The van der Waals surface area contributed by atoms with Crippen molar-refractivity contribution < 1.29 is 4.98 Å². The van der Waals surface area contributed by atoms with Gasteiger partial charge in [-0.15, -0.1) is 0 Å². The molecule has 2 heteroatoms. The Hall–Kier alpha value is -1.11. The molecule has 0 bridgehead atoms. The Morgan fingerprint density at radius 2 is 1.92 bits per heavy atom. The van der Waals surface area contributed by atoms with Crippen molar-refractivity contribution >= 4 is 35.1 Å². The van der Waals surface area contributed by atoms with Gasteiger partial charge >= 0.3 is 81.5 Å². The first-order valence-corrected chi connectivity index (χ1v) is 6.06. The van der Waals surface area contributed by atoms with Crippen LogP contribution in [0, 0.1) is 0 Å². The third kappa shape index (κ3) is 1.03. The van der Waals surface area contributed by atoms with Crippen LogP contribution in [0.4, 0.5) is 0 Å². The summed E-state index contributed by atoms with van der Waals surface area (Å²) in [4.78, 5) is 3.35. The van der Waals surface area contributed by atoms with Crippen LogP contribution < -0.4 is 4.98 Å². The molecule has 0 atom stereocenters. The second-order valence-electron chi connectivity index (χ2n) is 3.04. The average Bonchev–Trinajstić information content (AvgIpc) is 2.65. The molecule has 13 heavy (non-hydrogen) atoms. The minimum absolute atomic E-state index is 0.513. The molecule has 0 saturated heterocycles. The van der Waals surface area contributed by atoms with Crippen LogP contribution in [0.25, 0.3) is 20.5 Å². The number of aromatic amines is 1. The number of rotatable bonds is 0. The van der Waals surface area contributed by atoms with Crippen molar-refractivity contribution in [2.75, 3.05) is 0 Å². The maximum absolute atomic E-state index is 3.35. The third-order valence-electron chi connectivity index (χ3n) is 2.28. The van der Waals surface area contributed by atoms with Crippen LogP contribution in [0.15, 0.2) is 41.5 Å². The van der Waals surface area contributed by atoms with E-state index in [1.54, 1.807) is 0 Å². The minimum atomic E-state index is 0.513. The van der Waals surface area contributed by atoms with Gasteiger partial charge in [0.1, 0.15) is 0 Å². The van der Waals surface area contributed by atoms with Crippen LogP contribution in [0.2, 0.25) is 0 Å². The normalized spacial score (nSPS) is 11.1. The Balaban J connectivity index is 2.65. The quantitative estimate of drug-likeness (QED) is 0.526. The van der Waals surface area contributed by atoms with Crippen molar-refractivity contribution in [3.63, 3.8) is 0 Å². The summed E-state index contributed by atoms with van der Waals surface area (Å²) in [6.45, 7) is 0. The summed E-state index contributed by atoms with van der Waals surface area (Å²) < 4.78 is 1.46. The average molecular weight is 233 g/mol. The summed E-state index contributed by atoms with van der Waals surface area (Å²) in [6.07, 6.45) is 0. The molecule has 0 aliphatic rings. The van der Waals surface area contributed by atoms with Gasteiger partial charge in [-0.3, -0.25) is 0 Å². The SMILES string of the molecule is c1ccc2c(c1)ccc1[se]c[nH+]c12. The summed E-state index contributed by atoms with van der Waals surface area (Å²) in [5.74, 6) is 0. The monoisotopic (exact) mass is 234 g/mol. The van der Waals surface area contributed by atoms with Crippen LogP contribution in [0.1, 0.15) is 0 Å². The molecule has 0 spiro atoms. The molecule has 0 fully saturated rings. The molecule has 0 radical (unpaired) electrons. The van der Waals surface area contributed by atoms with Gasteiger partial charge in [-0.2, -0.15) is 0 Å². The first kappa shape index (κ1) is 7.31. The zero-order valence-corrected chi connectivity index (χ0v) is 8.66. The van der Waals surface area contributed by atoms with E-state index in [2.05, 4.69) is 46.5 Å². The zero-order chi connectivity index (χ0) is 8.67. The van der Waals surface area contributed by atoms with Crippen LogP contribution in [-0.2, 0) is 0 Å². The molecular formula is C11H8NSe+. The number of nitrogens with one attached hydrogen (secondary N) is 1. The van der Waals surface area contributed by atoms with Crippen LogP contribution in [-0.4, -0.2) is 14.5 Å². The first-order chi connectivity index (χ1) is 6.45. The Morgan fingerprint density at radius 3 is 2.92 bits per heavy atom. The molecule has 1 N–H and O–H groups in total. The van der Waals surface area contributed by atoms with E-state index in [1.807, 2.05) is 0 Å². The molecule has 3 rings (SSSR count). The number of fused-ring (bicyclic) bond motifs is 3. The maximum atomic E-state index is 3.35. The molecule has 0 unspecified atom stereocenters. The van der Waals surface area contributed by atoms with Gasteiger partial charge in [0.05, 0.1) is 0 Å². The fraction of sp³-hybridized carbons (Fsp3) is 0. The summed E-state index contributed by atoms with van der Waals surface area (Å²) in [5.41, 5.74) is 1.32. The summed E-state index contributed by atoms with van der Waals surface area (Å²) in [7, 11) is 0. The standard InChI is InChI=1S/C11H7NSe/c1-2-4-9-8(3-1)5-6-10-11(9)12-7-13-10/h1-7H/p+1. The number of aromatic nitrogens is 1. The van der Waals surface area contributed by atoms with Crippen LogP contribution in [0.3, 0.4) is 0 Å². The van der Waals surface area contributed by atoms with Gasteiger partial charge in [0.25, 0.3) is 0 Å². The van der Waals surface area contributed by atoms with Gasteiger partial charge in [0.15, 0.2) is 0 Å². The summed E-state index contributed by atoms with van der Waals surface area (Å²) in [5, 5.41) is 4.83. The predicted octanol–water partition coefficient (Wildman–Crippen LogP) is 1.86. The molecule has 1 nitrogen and oxygen atoms in total. The Labute approximate surface area is 81.8 Å². The van der Waals surface area contributed by atoms with Crippen molar-refractivity contribution in [3.8, 4) is 0 Å². The van der Waals surface area contributed by atoms with Crippen molar-refractivity contribution in [1.82, 2.24) is 0 Å². The first-order valence-electron chi connectivity index (χ1n) is 4.22. The topological polar surface area (TPSA) is 14.1 Å². The van der Waals surface area contributed by atoms with E-state index in [1.165, 1.54) is 20.5 Å². The van der Waals surface area contributed by atoms with Crippen molar-refractivity contribution in [1.29, 1.82) is 0 Å². The Kier molecular flexibility index (Phi) is 1.51. The summed E-state index contributed by atoms with van der Waals surface area (Å²) >= 11 is 0.513. The van der Waals surface area contributed by atoms with E-state index in [4.69, 9.17) is 0 Å². The van der Waals surface area contributed by atoms with E-state index in [0.717, 1.165) is 0 Å². The third-order valence-corrected chi connectivity index (χ3v) is 4.02. The number of H-pyrrole nitrogens is 1. The fourth-order valence-corrected chi connectivity index (χ4v) is 3.20. The van der Waals surface area contributed by atoms with Gasteiger partial charge in [-0.25, -0.2) is 0 Å². The fourth-order valence-electron chi connectivity index (χ4n) is 1.65. The van der Waals surface area contributed by atoms with E-state index >= 15 is 0 Å². The van der Waals surface area contributed by atoms with Gasteiger partial charge in [0, 0.05) is 0 Å². The van der Waals surface area contributed by atoms with Gasteiger partial charge < -0.3 is 0 Å². The zero-order valence-electron chi connectivity index (χ0n) is 6.95. The number of hydrogen-bond acceptors (Lipinski definition) is 0. The Bertz CT molecular complexity index is 568. The molecule has 0 aliphatic carbocycles. The Morgan fingerprint density at radius 1 is 1.00 bits per heavy atom. The van der Waals surface area contributed by atoms with Crippen molar-refractivity contribution in [2.45, 2.75) is 0 Å². The van der Waals surface area contributed by atoms with Crippen LogP contribution >= 0.6 is 0 Å². The molecule has 1 aromatic heterocycles. The molecule has 3 aromatic rings. The molecule has 1 heterocycles. The molecule has 0 saturated carbocycles. The molecular weight excluding hydrogens is 225 g/mol. The van der Waals surface area contributed by atoms with Crippen molar-refractivity contribution in [2.24, 2.45) is 0 Å². The van der Waals surface area contributed by atoms with E-state index in [-0.39, 0.29) is 0 Å². The molecule has 0 aliphatic heterocycles. The van der Waals surface area contributed by atoms with Crippen molar-refractivity contribution in [3.05, 3.63) is 41.5 Å². The van der Waals surface area contributed by atoms with E-state index in [9.17, 15) is 0 Å². The van der Waals surface area contributed by atoms with E-state index in [0.29, 0.717) is 14.5 Å². The number of hydrogen-bond donors (Lipinski definition) is 0. The molecule has 0 amide bonds. The number of benzene rings is 2. The summed E-state index contributed by atoms with van der Waals surface area (Å²) in [6, 6.07) is 12.9. The van der Waals surface area contributed by atoms with Gasteiger partial charge in [-0.1, -0.05) is 0 Å². The second-order valence-corrected chi connectivity index (χ2v) is 4.95. The second kappa shape index (κ2) is 2.69. The molecule has 62 valence electrons. The van der Waals surface area contributed by atoms with E-state index < -0.39 is 0 Å². The van der Waals surface area contributed by atoms with Gasteiger partial charge in [0.2, 0.25) is 0 Å². The molecule has 2 aromatic carbocycles. The van der Waals surface area contributed by atoms with Crippen LogP contribution in [0.5, 0.6) is 0 Å². The predicted molar refractivity (Wildman–Crippen MR) is 54.9 cm³/mol. The van der Waals surface area contributed by atoms with Gasteiger partial charge in [-0.05, 0) is 0 Å².